The van der Waals surface area contributed by atoms with Crippen molar-refractivity contribution >= 4 is 12.0 Å². The summed E-state index contributed by atoms with van der Waals surface area (Å²) in [5.41, 5.74) is -0.555. The summed E-state index contributed by atoms with van der Waals surface area (Å²) in [4.78, 5) is 26.5. The number of amides is 2. The second-order valence-corrected chi connectivity index (χ2v) is 9.66. The highest BCUT2D eigenvalue weighted by Gasteiger charge is 2.41. The minimum absolute atomic E-state index is 0.0192. The maximum absolute atomic E-state index is 12.8. The Hall–Kier alpha value is -1.30. The fourth-order valence-electron chi connectivity index (χ4n) is 2.98. The van der Waals surface area contributed by atoms with Crippen LogP contribution < -0.4 is 5.32 Å². The topological polar surface area (TPSA) is 78.9 Å². The van der Waals surface area contributed by atoms with E-state index in [-0.39, 0.29) is 36.2 Å². The summed E-state index contributed by atoms with van der Waals surface area (Å²) in [5, 5.41) is 13.1. The smallest absolute Gasteiger partial charge is 0.411 e. The third-order valence-electron chi connectivity index (χ3n) is 4.17. The zero-order chi connectivity index (χ0) is 19.6. The molecule has 25 heavy (non-hydrogen) atoms. The van der Waals surface area contributed by atoms with Crippen LogP contribution in [-0.4, -0.2) is 52.3 Å². The number of ether oxygens (including phenoxy) is 1. The van der Waals surface area contributed by atoms with Crippen LogP contribution in [0.15, 0.2) is 0 Å². The van der Waals surface area contributed by atoms with Crippen molar-refractivity contribution in [1.29, 1.82) is 0 Å². The third kappa shape index (κ3) is 7.22. The minimum atomic E-state index is -0.705. The molecule has 6 heteroatoms. The van der Waals surface area contributed by atoms with E-state index in [9.17, 15) is 14.7 Å². The minimum Gasteiger partial charge on any atom is -0.444 e. The van der Waals surface area contributed by atoms with Gasteiger partial charge in [0, 0.05) is 12.5 Å². The summed E-state index contributed by atoms with van der Waals surface area (Å²) in [6, 6.07) is -0.670. The maximum Gasteiger partial charge on any atom is 0.411 e. The summed E-state index contributed by atoms with van der Waals surface area (Å²) in [5.74, 6) is 0.0647. The summed E-state index contributed by atoms with van der Waals surface area (Å²) < 4.78 is 5.38. The van der Waals surface area contributed by atoms with Gasteiger partial charge in [0.25, 0.3) is 0 Å². The Bertz CT molecular complexity index is 477. The average molecular weight is 357 g/mol. The van der Waals surface area contributed by atoms with Gasteiger partial charge in [0.2, 0.25) is 5.91 Å². The Balaban J connectivity index is 2.84. The third-order valence-corrected chi connectivity index (χ3v) is 4.17. The van der Waals surface area contributed by atoms with Gasteiger partial charge >= 0.3 is 6.09 Å². The van der Waals surface area contributed by atoms with E-state index in [0.717, 1.165) is 6.42 Å². The Morgan fingerprint density at radius 3 is 2.20 bits per heavy atom. The Morgan fingerprint density at radius 1 is 1.20 bits per heavy atom. The summed E-state index contributed by atoms with van der Waals surface area (Å²) in [6.07, 6.45) is -0.173. The van der Waals surface area contributed by atoms with Gasteiger partial charge in [-0.3, -0.25) is 9.69 Å². The lowest BCUT2D eigenvalue weighted by Crippen LogP contribution is -2.51. The number of likely N-dealkylation sites (tertiary alicyclic amines) is 1. The van der Waals surface area contributed by atoms with Crippen LogP contribution in [0.25, 0.3) is 0 Å². The van der Waals surface area contributed by atoms with E-state index in [4.69, 9.17) is 4.74 Å². The predicted molar refractivity (Wildman–Crippen MR) is 98.2 cm³/mol. The molecule has 0 aromatic carbocycles. The number of hydrogen-bond acceptors (Lipinski definition) is 4. The molecule has 0 aromatic heterocycles. The van der Waals surface area contributed by atoms with E-state index < -0.39 is 23.8 Å². The van der Waals surface area contributed by atoms with Crippen LogP contribution >= 0.6 is 0 Å². The first kappa shape index (κ1) is 21.7. The van der Waals surface area contributed by atoms with Gasteiger partial charge in [0.15, 0.2) is 0 Å². The van der Waals surface area contributed by atoms with Crippen molar-refractivity contribution in [3.05, 3.63) is 0 Å². The molecule has 1 aliphatic heterocycles. The van der Waals surface area contributed by atoms with E-state index in [1.54, 1.807) is 20.8 Å². The lowest BCUT2D eigenvalue weighted by molar-refractivity contribution is -0.126. The molecule has 2 N–H and O–H groups in total. The summed E-state index contributed by atoms with van der Waals surface area (Å²) in [6.45, 7) is 16.0. The lowest BCUT2D eigenvalue weighted by atomic mass is 9.84. The van der Waals surface area contributed by atoms with Crippen molar-refractivity contribution in [2.45, 2.75) is 92.0 Å². The Morgan fingerprint density at radius 2 is 1.76 bits per heavy atom. The van der Waals surface area contributed by atoms with Crippen molar-refractivity contribution < 1.29 is 19.4 Å². The summed E-state index contributed by atoms with van der Waals surface area (Å²) >= 11 is 0. The molecular weight excluding hydrogens is 320 g/mol. The molecule has 3 atom stereocenters. The van der Waals surface area contributed by atoms with E-state index in [0.29, 0.717) is 0 Å². The number of aliphatic hydroxyl groups is 1. The molecule has 6 nitrogen and oxygen atoms in total. The standard InChI is InChI=1S/C19H36N2O4/c1-12(2)14(10-18(3,4)5)20-16(23)15-9-13(22)11-21(15)17(24)25-19(6,7)8/h12-15,22H,9-11H2,1-8H3,(H,20,23). The van der Waals surface area contributed by atoms with Crippen LogP contribution in [0.5, 0.6) is 0 Å². The van der Waals surface area contributed by atoms with Gasteiger partial charge in [-0.2, -0.15) is 0 Å². The molecule has 3 unspecified atom stereocenters. The molecule has 0 aliphatic carbocycles. The normalized spacial score (nSPS) is 22.9. The molecule has 0 saturated carbocycles. The van der Waals surface area contributed by atoms with Gasteiger partial charge in [-0.15, -0.1) is 0 Å². The van der Waals surface area contributed by atoms with E-state index in [1.807, 2.05) is 0 Å². The number of hydrogen-bond donors (Lipinski definition) is 2. The van der Waals surface area contributed by atoms with Gasteiger partial charge in [-0.1, -0.05) is 34.6 Å². The van der Waals surface area contributed by atoms with Gasteiger partial charge in [0.05, 0.1) is 12.6 Å². The van der Waals surface area contributed by atoms with E-state index in [1.165, 1.54) is 4.90 Å². The van der Waals surface area contributed by atoms with Crippen molar-refractivity contribution in [1.82, 2.24) is 10.2 Å². The molecule has 1 aliphatic rings. The number of β-amino-alcohol motifs (C(OH)–C–C–N with tert-alkyl or cyclic N) is 1. The molecule has 1 saturated heterocycles. The molecule has 0 aromatic rings. The highest BCUT2D eigenvalue weighted by Crippen LogP contribution is 2.26. The number of nitrogens with zero attached hydrogens (tertiary/aromatic N) is 1. The number of rotatable bonds is 4. The molecular formula is C19H36N2O4. The first-order chi connectivity index (χ1) is 11.2. The van der Waals surface area contributed by atoms with Crippen LogP contribution in [-0.2, 0) is 9.53 Å². The zero-order valence-corrected chi connectivity index (χ0v) is 17.0. The SMILES string of the molecule is CC(C)C(CC(C)(C)C)NC(=O)C1CC(O)CN1C(=O)OC(C)(C)C. The number of carbonyl (C=O) groups is 2. The van der Waals surface area contributed by atoms with E-state index >= 15 is 0 Å². The predicted octanol–water partition coefficient (Wildman–Crippen LogP) is 2.93. The van der Waals surface area contributed by atoms with Crippen molar-refractivity contribution in [3.63, 3.8) is 0 Å². The molecule has 0 radical (unpaired) electrons. The van der Waals surface area contributed by atoms with Crippen LogP contribution in [0.2, 0.25) is 0 Å². The average Bonchev–Trinajstić information content (AvgIpc) is 2.76. The van der Waals surface area contributed by atoms with Crippen LogP contribution in [0, 0.1) is 11.3 Å². The van der Waals surface area contributed by atoms with Crippen molar-refractivity contribution in [2.75, 3.05) is 6.54 Å². The fourth-order valence-corrected chi connectivity index (χ4v) is 2.98. The largest absolute Gasteiger partial charge is 0.444 e. The first-order valence-electron chi connectivity index (χ1n) is 9.17. The van der Waals surface area contributed by atoms with Crippen LogP contribution in [0.4, 0.5) is 4.79 Å². The molecule has 1 heterocycles. The van der Waals surface area contributed by atoms with Crippen molar-refractivity contribution in [3.8, 4) is 0 Å². The van der Waals surface area contributed by atoms with Crippen molar-refractivity contribution in [2.24, 2.45) is 11.3 Å². The number of carbonyl (C=O) groups excluding carboxylic acids is 2. The quantitative estimate of drug-likeness (QED) is 0.812. The maximum atomic E-state index is 12.8. The monoisotopic (exact) mass is 356 g/mol. The molecule has 1 fully saturated rings. The second-order valence-electron chi connectivity index (χ2n) is 9.66. The van der Waals surface area contributed by atoms with Crippen LogP contribution in [0.3, 0.4) is 0 Å². The van der Waals surface area contributed by atoms with E-state index in [2.05, 4.69) is 39.9 Å². The highest BCUT2D eigenvalue weighted by molar-refractivity contribution is 5.86. The number of aliphatic hydroxyl groups excluding tert-OH is 1. The molecule has 146 valence electrons. The highest BCUT2D eigenvalue weighted by atomic mass is 16.6. The molecule has 0 bridgehead atoms. The lowest BCUT2D eigenvalue weighted by Gasteiger charge is -2.32. The first-order valence-corrected chi connectivity index (χ1v) is 9.17. The molecule has 0 spiro atoms. The van der Waals surface area contributed by atoms with Gasteiger partial charge in [0.1, 0.15) is 11.6 Å². The van der Waals surface area contributed by atoms with Crippen LogP contribution in [0.1, 0.15) is 68.2 Å². The molecule has 2 amide bonds. The number of nitrogens with one attached hydrogen (secondary N) is 1. The zero-order valence-electron chi connectivity index (χ0n) is 17.0. The fraction of sp³-hybridized carbons (Fsp3) is 0.895. The Kier molecular flexibility index (Phi) is 6.90. The summed E-state index contributed by atoms with van der Waals surface area (Å²) in [7, 11) is 0. The Labute approximate surface area is 152 Å². The van der Waals surface area contributed by atoms with Gasteiger partial charge in [-0.05, 0) is 38.5 Å². The van der Waals surface area contributed by atoms with Gasteiger partial charge < -0.3 is 15.2 Å². The van der Waals surface area contributed by atoms with Gasteiger partial charge in [-0.25, -0.2) is 4.79 Å². The molecule has 1 rings (SSSR count). The second kappa shape index (κ2) is 7.94.